The molecule has 0 spiro atoms. The highest BCUT2D eigenvalue weighted by atomic mass is 28.3. The van der Waals surface area contributed by atoms with E-state index in [1.807, 2.05) is 0 Å². The fourth-order valence-electron chi connectivity index (χ4n) is 5.84. The third-order valence-corrected chi connectivity index (χ3v) is 11.1. The van der Waals surface area contributed by atoms with Crippen LogP contribution in [0.15, 0.2) is 109 Å². The Hall–Kier alpha value is -3.42. The van der Waals surface area contributed by atoms with Crippen molar-refractivity contribution >= 4 is 29.6 Å². The van der Waals surface area contributed by atoms with Gasteiger partial charge in [-0.25, -0.2) is 0 Å². The van der Waals surface area contributed by atoms with Crippen LogP contribution in [-0.4, -0.2) is 8.07 Å². The maximum absolute atomic E-state index is 2.54. The van der Waals surface area contributed by atoms with Gasteiger partial charge in [-0.1, -0.05) is 133 Å². The molecule has 2 aliphatic carbocycles. The average molecular weight is 441 g/mol. The van der Waals surface area contributed by atoms with Gasteiger partial charge in [0, 0.05) is 0 Å². The Morgan fingerprint density at radius 2 is 0.909 bits per heavy atom. The summed E-state index contributed by atoms with van der Waals surface area (Å²) in [5, 5.41) is 3.17. The fraction of sp³-hybridized carbons (Fsp3) is 0.125. The van der Waals surface area contributed by atoms with Crippen LogP contribution < -0.4 is 10.4 Å². The smallest absolute Gasteiger partial charge is 0.0716 e. The number of fused-ring (bicyclic) bond motifs is 2. The van der Waals surface area contributed by atoms with Gasteiger partial charge < -0.3 is 0 Å². The van der Waals surface area contributed by atoms with Crippen LogP contribution in [0.2, 0.25) is 13.1 Å². The number of benzene rings is 4. The van der Waals surface area contributed by atoms with Gasteiger partial charge in [0.05, 0.1) is 0 Å². The lowest BCUT2D eigenvalue weighted by Crippen LogP contribution is -2.55. The van der Waals surface area contributed by atoms with E-state index in [1.54, 1.807) is 21.5 Å². The summed E-state index contributed by atoms with van der Waals surface area (Å²) in [4.78, 5) is 0. The van der Waals surface area contributed by atoms with Crippen LogP contribution in [0, 0.1) is 0 Å². The van der Waals surface area contributed by atoms with Crippen molar-refractivity contribution in [1.82, 2.24) is 0 Å². The van der Waals surface area contributed by atoms with Gasteiger partial charge in [0.2, 0.25) is 0 Å². The summed E-state index contributed by atoms with van der Waals surface area (Å²) in [7, 11) is -1.90. The quantitative estimate of drug-likeness (QED) is 0.318. The van der Waals surface area contributed by atoms with Crippen LogP contribution in [0.4, 0.5) is 0 Å². The number of allylic oxidation sites excluding steroid dienone is 2. The molecule has 0 fully saturated rings. The molecule has 4 aromatic carbocycles. The van der Waals surface area contributed by atoms with Gasteiger partial charge >= 0.3 is 0 Å². The summed E-state index contributed by atoms with van der Waals surface area (Å²) >= 11 is 0. The minimum Gasteiger partial charge on any atom is -0.0716 e. The van der Waals surface area contributed by atoms with Gasteiger partial charge in [0.1, 0.15) is 8.07 Å². The van der Waals surface area contributed by atoms with Gasteiger partial charge in [0.15, 0.2) is 0 Å². The van der Waals surface area contributed by atoms with E-state index in [0.29, 0.717) is 0 Å². The van der Waals surface area contributed by atoms with E-state index in [4.69, 9.17) is 0 Å². The maximum atomic E-state index is 2.54. The normalized spacial score (nSPS) is 14.5. The molecule has 0 unspecified atom stereocenters. The van der Waals surface area contributed by atoms with Crippen LogP contribution in [0.1, 0.15) is 33.4 Å². The highest BCUT2D eigenvalue weighted by Crippen LogP contribution is 2.35. The third-order valence-electron chi connectivity index (χ3n) is 7.47. The first kappa shape index (κ1) is 20.2. The Bertz CT molecular complexity index is 1300. The van der Waals surface area contributed by atoms with Crippen LogP contribution in [-0.2, 0) is 12.8 Å². The number of rotatable bonds is 4. The van der Waals surface area contributed by atoms with Crippen molar-refractivity contribution in [2.75, 3.05) is 0 Å². The second-order valence-corrected chi connectivity index (χ2v) is 14.0. The SMILES string of the molecule is C[Si](C)(c1cccc2c1CC=C2c1ccccc1)c1cccc2c1CC=C2c1ccccc1. The molecule has 4 aromatic rings. The van der Waals surface area contributed by atoms with Crippen molar-refractivity contribution in [2.45, 2.75) is 25.9 Å². The largest absolute Gasteiger partial charge is 0.113 e. The number of hydrogen-bond acceptors (Lipinski definition) is 0. The van der Waals surface area contributed by atoms with Crippen molar-refractivity contribution in [2.24, 2.45) is 0 Å². The summed E-state index contributed by atoms with van der Waals surface area (Å²) < 4.78 is 0. The zero-order valence-electron chi connectivity index (χ0n) is 19.3. The summed E-state index contributed by atoms with van der Waals surface area (Å²) in [5.41, 5.74) is 11.4. The molecule has 160 valence electrons. The molecule has 0 heterocycles. The Morgan fingerprint density at radius 1 is 0.485 bits per heavy atom. The van der Waals surface area contributed by atoms with Crippen LogP contribution in [0.25, 0.3) is 11.1 Å². The lowest BCUT2D eigenvalue weighted by molar-refractivity contribution is 1.31. The van der Waals surface area contributed by atoms with Gasteiger partial charge in [-0.2, -0.15) is 0 Å². The standard InChI is InChI=1S/C32H28Si/c1-33(2,31-17-9-15-27-25(19-21-29(27)31)23-11-5-3-6-12-23)32-18-10-16-28-26(20-22-30(28)32)24-13-7-4-8-14-24/h3-20H,21-22H2,1-2H3. The summed E-state index contributed by atoms with van der Waals surface area (Å²) in [6.07, 6.45) is 6.93. The van der Waals surface area contributed by atoms with Gasteiger partial charge in [0.25, 0.3) is 0 Å². The Balaban J connectivity index is 1.43. The minimum atomic E-state index is -1.90. The Labute approximate surface area is 198 Å². The summed E-state index contributed by atoms with van der Waals surface area (Å²) in [5.74, 6) is 0. The molecule has 6 rings (SSSR count). The van der Waals surface area contributed by atoms with Crippen molar-refractivity contribution in [1.29, 1.82) is 0 Å². The predicted molar refractivity (Wildman–Crippen MR) is 144 cm³/mol. The molecule has 2 aliphatic rings. The second kappa shape index (κ2) is 7.86. The molecular formula is C32H28Si. The molecule has 33 heavy (non-hydrogen) atoms. The van der Waals surface area contributed by atoms with E-state index in [0.717, 1.165) is 12.8 Å². The van der Waals surface area contributed by atoms with Crippen molar-refractivity contribution in [3.8, 4) is 0 Å². The van der Waals surface area contributed by atoms with Crippen molar-refractivity contribution in [3.05, 3.63) is 143 Å². The van der Waals surface area contributed by atoms with E-state index < -0.39 is 8.07 Å². The van der Waals surface area contributed by atoms with Crippen LogP contribution in [0.3, 0.4) is 0 Å². The molecule has 0 N–H and O–H groups in total. The van der Waals surface area contributed by atoms with Crippen LogP contribution in [0.5, 0.6) is 0 Å². The molecule has 0 radical (unpaired) electrons. The molecular weight excluding hydrogens is 412 g/mol. The lowest BCUT2D eigenvalue weighted by atomic mass is 9.99. The second-order valence-electron chi connectivity index (χ2n) is 9.66. The van der Waals surface area contributed by atoms with Gasteiger partial charge in [-0.3, -0.25) is 0 Å². The van der Waals surface area contributed by atoms with Gasteiger partial charge in [-0.15, -0.1) is 0 Å². The monoisotopic (exact) mass is 440 g/mol. The molecule has 1 heteroatoms. The highest BCUT2D eigenvalue weighted by Gasteiger charge is 2.34. The average Bonchev–Trinajstić information content (AvgIpc) is 3.49. The molecule has 0 amide bonds. The minimum absolute atomic E-state index is 1.04. The molecule has 0 bridgehead atoms. The van der Waals surface area contributed by atoms with E-state index in [9.17, 15) is 0 Å². The Kier molecular flexibility index (Phi) is 4.81. The molecule has 0 atom stereocenters. The van der Waals surface area contributed by atoms with E-state index in [1.165, 1.54) is 33.4 Å². The summed E-state index contributed by atoms with van der Waals surface area (Å²) in [6.45, 7) is 5.08. The van der Waals surface area contributed by atoms with E-state index in [-0.39, 0.29) is 0 Å². The van der Waals surface area contributed by atoms with Crippen molar-refractivity contribution in [3.63, 3.8) is 0 Å². The fourth-order valence-corrected chi connectivity index (χ4v) is 9.14. The molecule has 0 saturated heterocycles. The molecule has 0 aromatic heterocycles. The summed E-state index contributed by atoms with van der Waals surface area (Å²) in [6, 6.07) is 35.7. The molecule has 0 saturated carbocycles. The predicted octanol–water partition coefficient (Wildman–Crippen LogP) is 6.48. The third kappa shape index (κ3) is 3.27. The first-order chi connectivity index (χ1) is 16.1. The van der Waals surface area contributed by atoms with Gasteiger partial charge in [-0.05, 0) is 57.4 Å². The Morgan fingerprint density at radius 3 is 1.33 bits per heavy atom. The zero-order valence-corrected chi connectivity index (χ0v) is 20.3. The van der Waals surface area contributed by atoms with E-state index in [2.05, 4.69) is 122 Å². The maximum Gasteiger partial charge on any atom is 0.113 e. The highest BCUT2D eigenvalue weighted by molar-refractivity contribution is 7.01. The molecule has 0 aliphatic heterocycles. The molecule has 0 nitrogen and oxygen atoms in total. The first-order valence-electron chi connectivity index (χ1n) is 11.9. The van der Waals surface area contributed by atoms with E-state index >= 15 is 0 Å². The van der Waals surface area contributed by atoms with Crippen molar-refractivity contribution < 1.29 is 0 Å². The zero-order chi connectivity index (χ0) is 22.4. The van der Waals surface area contributed by atoms with Crippen LogP contribution >= 0.6 is 0 Å². The first-order valence-corrected chi connectivity index (χ1v) is 14.9. The number of hydrogen-bond donors (Lipinski definition) is 0. The lowest BCUT2D eigenvalue weighted by Gasteiger charge is -2.29. The topological polar surface area (TPSA) is 0 Å².